The fraction of sp³-hybridized carbons (Fsp3) is 0.0714. The highest BCUT2D eigenvalue weighted by atomic mass is 16.3. The van der Waals surface area contributed by atoms with Crippen LogP contribution in [-0.2, 0) is 0 Å². The Morgan fingerprint density at radius 1 is 1.40 bits per heavy atom. The number of aromatic hydroxyl groups is 1. The molecule has 20 heavy (non-hydrogen) atoms. The van der Waals surface area contributed by atoms with Crippen LogP contribution in [0.15, 0.2) is 36.8 Å². The first-order valence-corrected chi connectivity index (χ1v) is 5.79. The topological polar surface area (TPSA) is 101 Å². The number of rotatable bonds is 2. The molecule has 1 amide bonds. The highest BCUT2D eigenvalue weighted by Crippen LogP contribution is 2.11. The van der Waals surface area contributed by atoms with Gasteiger partial charge in [0, 0.05) is 18.0 Å². The molecule has 2 aromatic rings. The van der Waals surface area contributed by atoms with Gasteiger partial charge in [-0.1, -0.05) is 11.8 Å². The van der Waals surface area contributed by atoms with E-state index in [0.717, 1.165) is 0 Å². The molecule has 0 aromatic carbocycles. The number of carbonyl (C=O) groups is 1. The number of hydrogen-bond acceptors (Lipinski definition) is 5. The van der Waals surface area contributed by atoms with Crippen molar-refractivity contribution in [2.75, 3.05) is 11.9 Å². The van der Waals surface area contributed by atoms with Crippen molar-refractivity contribution in [2.24, 2.45) is 5.73 Å². The first-order valence-electron chi connectivity index (χ1n) is 5.79. The van der Waals surface area contributed by atoms with E-state index in [2.05, 4.69) is 27.1 Å². The summed E-state index contributed by atoms with van der Waals surface area (Å²) in [7, 11) is 0. The molecule has 4 N–H and O–H groups in total. The normalized spacial score (nSPS) is 9.45. The van der Waals surface area contributed by atoms with Crippen LogP contribution in [0.4, 0.5) is 5.82 Å². The van der Waals surface area contributed by atoms with Crippen LogP contribution in [-0.4, -0.2) is 27.5 Å². The molecule has 100 valence electrons. The Balaban J connectivity index is 2.15. The quantitative estimate of drug-likeness (QED) is 0.697. The largest absolute Gasteiger partial charge is 0.506 e. The van der Waals surface area contributed by atoms with Crippen molar-refractivity contribution in [2.45, 2.75) is 0 Å². The number of hydrogen-bond donors (Lipinski definition) is 3. The fourth-order valence-electron chi connectivity index (χ4n) is 1.47. The van der Waals surface area contributed by atoms with Gasteiger partial charge in [-0.25, -0.2) is 4.98 Å². The van der Waals surface area contributed by atoms with E-state index < -0.39 is 5.91 Å². The molecule has 2 heterocycles. The van der Waals surface area contributed by atoms with Crippen LogP contribution in [0.25, 0.3) is 0 Å². The molecular formula is C14H12N4O2. The van der Waals surface area contributed by atoms with Crippen LogP contribution < -0.4 is 11.1 Å². The molecule has 2 rings (SSSR count). The first-order chi connectivity index (χ1) is 9.69. The molecule has 2 aromatic heterocycles. The second-order valence-corrected chi connectivity index (χ2v) is 3.82. The minimum atomic E-state index is -0.412. The summed E-state index contributed by atoms with van der Waals surface area (Å²) in [5.74, 6) is 5.44. The minimum Gasteiger partial charge on any atom is -0.506 e. The van der Waals surface area contributed by atoms with Gasteiger partial charge >= 0.3 is 0 Å². The molecule has 6 heteroatoms. The minimum absolute atomic E-state index is 0.0758. The van der Waals surface area contributed by atoms with E-state index >= 15 is 0 Å². The summed E-state index contributed by atoms with van der Waals surface area (Å²) in [4.78, 5) is 19.7. The van der Waals surface area contributed by atoms with Gasteiger partial charge in [-0.05, 0) is 18.2 Å². The van der Waals surface area contributed by atoms with Crippen LogP contribution >= 0.6 is 0 Å². The lowest BCUT2D eigenvalue weighted by molar-refractivity contribution is 0.102. The van der Waals surface area contributed by atoms with Crippen molar-refractivity contribution in [3.8, 4) is 17.6 Å². The Hall–Kier alpha value is -2.91. The average molecular weight is 268 g/mol. The molecule has 0 bridgehead atoms. The molecule has 6 nitrogen and oxygen atoms in total. The maximum absolute atomic E-state index is 11.9. The molecule has 0 atom stereocenters. The third-order valence-corrected chi connectivity index (χ3v) is 2.32. The van der Waals surface area contributed by atoms with Crippen LogP contribution in [0, 0.1) is 11.8 Å². The van der Waals surface area contributed by atoms with Gasteiger partial charge in [0.05, 0.1) is 18.3 Å². The van der Waals surface area contributed by atoms with E-state index in [0.29, 0.717) is 11.4 Å². The molecule has 0 fully saturated rings. The smallest absolute Gasteiger partial charge is 0.258 e. The van der Waals surface area contributed by atoms with Crippen LogP contribution in [0.3, 0.4) is 0 Å². The summed E-state index contributed by atoms with van der Waals surface area (Å²) in [6, 6.07) is 4.67. The number of anilines is 1. The molecule has 0 aliphatic heterocycles. The molecule has 0 saturated carbocycles. The number of aromatic nitrogens is 2. The van der Waals surface area contributed by atoms with Crippen molar-refractivity contribution >= 4 is 11.7 Å². The zero-order valence-corrected chi connectivity index (χ0v) is 10.5. The number of amides is 1. The Kier molecular flexibility index (Phi) is 4.27. The third-order valence-electron chi connectivity index (χ3n) is 2.32. The first kappa shape index (κ1) is 13.5. The highest BCUT2D eigenvalue weighted by molar-refractivity contribution is 6.03. The molecule has 0 radical (unpaired) electrons. The molecule has 0 spiro atoms. The van der Waals surface area contributed by atoms with Gasteiger partial charge in [-0.3, -0.25) is 9.78 Å². The number of nitrogens with two attached hydrogens (primary N) is 1. The maximum atomic E-state index is 11.9. The highest BCUT2D eigenvalue weighted by Gasteiger charge is 2.08. The third kappa shape index (κ3) is 3.54. The van der Waals surface area contributed by atoms with Gasteiger partial charge in [-0.2, -0.15) is 0 Å². The van der Waals surface area contributed by atoms with Gasteiger partial charge in [0.1, 0.15) is 11.6 Å². The van der Waals surface area contributed by atoms with Crippen molar-refractivity contribution in [1.29, 1.82) is 0 Å². The van der Waals surface area contributed by atoms with E-state index in [1.165, 1.54) is 24.7 Å². The summed E-state index contributed by atoms with van der Waals surface area (Å²) in [5.41, 5.74) is 6.24. The zero-order chi connectivity index (χ0) is 14.4. The summed E-state index contributed by atoms with van der Waals surface area (Å²) < 4.78 is 0. The van der Waals surface area contributed by atoms with Gasteiger partial charge in [0.25, 0.3) is 5.91 Å². The summed E-state index contributed by atoms with van der Waals surface area (Å²) >= 11 is 0. The fourth-order valence-corrected chi connectivity index (χ4v) is 1.47. The van der Waals surface area contributed by atoms with Gasteiger partial charge < -0.3 is 16.2 Å². The number of nitrogens with one attached hydrogen (secondary N) is 1. The van der Waals surface area contributed by atoms with E-state index in [-0.39, 0.29) is 17.9 Å². The van der Waals surface area contributed by atoms with Crippen molar-refractivity contribution in [1.82, 2.24) is 9.97 Å². The van der Waals surface area contributed by atoms with E-state index in [1.54, 1.807) is 12.1 Å². The summed E-state index contributed by atoms with van der Waals surface area (Å²) in [6.07, 6.45) is 4.14. The van der Waals surface area contributed by atoms with E-state index in [9.17, 15) is 9.90 Å². The maximum Gasteiger partial charge on any atom is 0.258 e. The second-order valence-electron chi connectivity index (χ2n) is 3.82. The Morgan fingerprint density at radius 2 is 2.25 bits per heavy atom. The molecule has 0 unspecified atom stereocenters. The van der Waals surface area contributed by atoms with Crippen LogP contribution in [0.1, 0.15) is 15.9 Å². The van der Waals surface area contributed by atoms with Crippen LogP contribution in [0.5, 0.6) is 5.75 Å². The number of carbonyl (C=O) groups excluding carboxylic acids is 1. The van der Waals surface area contributed by atoms with Gasteiger partial charge in [-0.15, -0.1) is 0 Å². The lowest BCUT2D eigenvalue weighted by Gasteiger charge is -2.04. The Bertz CT molecular complexity index is 689. The van der Waals surface area contributed by atoms with Gasteiger partial charge in [0.15, 0.2) is 0 Å². The molecule has 0 saturated heterocycles. The standard InChI is InChI=1S/C14H12N4O2/c15-4-1-2-10-3-5-17-13(6-10)18-14(20)11-7-12(19)9-16-8-11/h3,5-9,19H,4,15H2,(H,17,18,20). The molecule has 0 aliphatic carbocycles. The molecule has 0 aliphatic rings. The van der Waals surface area contributed by atoms with Gasteiger partial charge in [0.2, 0.25) is 0 Å². The Morgan fingerprint density at radius 3 is 3.00 bits per heavy atom. The molecular weight excluding hydrogens is 256 g/mol. The average Bonchev–Trinajstić information content (AvgIpc) is 2.45. The van der Waals surface area contributed by atoms with E-state index in [4.69, 9.17) is 5.73 Å². The SMILES string of the molecule is NCC#Cc1ccnc(NC(=O)c2cncc(O)c2)c1. The monoisotopic (exact) mass is 268 g/mol. The lowest BCUT2D eigenvalue weighted by atomic mass is 10.2. The van der Waals surface area contributed by atoms with Crippen LogP contribution in [0.2, 0.25) is 0 Å². The number of nitrogens with zero attached hydrogens (tertiary/aromatic N) is 2. The predicted octanol–water partition coefficient (Wildman–Crippen LogP) is 0.745. The van der Waals surface area contributed by atoms with E-state index in [1.807, 2.05) is 0 Å². The predicted molar refractivity (Wildman–Crippen MR) is 74.0 cm³/mol. The van der Waals surface area contributed by atoms with Crippen molar-refractivity contribution in [3.63, 3.8) is 0 Å². The Labute approximate surface area is 115 Å². The summed E-state index contributed by atoms with van der Waals surface area (Å²) in [6.45, 7) is 0.263. The lowest BCUT2D eigenvalue weighted by Crippen LogP contribution is -2.13. The second kappa shape index (κ2) is 6.31. The zero-order valence-electron chi connectivity index (χ0n) is 10.5. The van der Waals surface area contributed by atoms with Crippen molar-refractivity contribution < 1.29 is 9.90 Å². The van der Waals surface area contributed by atoms with Crippen molar-refractivity contribution in [3.05, 3.63) is 47.9 Å². The number of pyridine rings is 2. The summed E-state index contributed by atoms with van der Waals surface area (Å²) in [5, 5.41) is 11.9.